The fourth-order valence-electron chi connectivity index (χ4n) is 0.955. The molecule has 9 nitrogen and oxygen atoms in total. The summed E-state index contributed by atoms with van der Waals surface area (Å²) >= 11 is 0. The predicted octanol–water partition coefficient (Wildman–Crippen LogP) is -2.73. The molecule has 0 aliphatic rings. The second-order valence-corrected chi connectivity index (χ2v) is 4.35. The molecule has 1 heterocycles. The van der Waals surface area contributed by atoms with Crippen LogP contribution in [0.4, 0.5) is 0 Å². The van der Waals surface area contributed by atoms with Crippen LogP contribution >= 0.6 is 0 Å². The lowest BCUT2D eigenvalue weighted by atomic mass is 10.5. The molecule has 0 aliphatic carbocycles. The summed E-state index contributed by atoms with van der Waals surface area (Å²) in [5.74, 6) is -1.37. The van der Waals surface area contributed by atoms with E-state index in [-0.39, 0.29) is 0 Å². The molecule has 0 atom stereocenters. The maximum absolute atomic E-state index is 11.1. The van der Waals surface area contributed by atoms with E-state index in [0.717, 1.165) is 0 Å². The van der Waals surface area contributed by atoms with Crippen LogP contribution in [0, 0.1) is 0 Å². The van der Waals surface area contributed by atoms with Gasteiger partial charge in [-0.15, -0.1) is 0 Å². The van der Waals surface area contributed by atoms with Crippen molar-refractivity contribution in [3.8, 4) is 0 Å². The van der Waals surface area contributed by atoms with Crippen molar-refractivity contribution < 1.29 is 18.3 Å². The Kier molecular flexibility index (Phi) is 2.96. The summed E-state index contributed by atoms with van der Waals surface area (Å²) in [5, 5.41) is 13.1. The van der Waals surface area contributed by atoms with Crippen molar-refractivity contribution in [2.75, 3.05) is 0 Å². The predicted molar refractivity (Wildman–Crippen MR) is 50.3 cm³/mol. The van der Waals surface area contributed by atoms with Gasteiger partial charge in [0.25, 0.3) is 5.56 Å². The number of carboxylic acid groups (broad SMARTS) is 1. The Morgan fingerprint density at radius 1 is 1.50 bits per heavy atom. The van der Waals surface area contributed by atoms with Crippen molar-refractivity contribution in [1.29, 1.82) is 0 Å². The maximum Gasteiger partial charge on any atom is 0.328 e. The number of aliphatic carboxylic acids is 1. The Bertz CT molecular complexity index is 639. The third-order valence-electron chi connectivity index (χ3n) is 1.59. The van der Waals surface area contributed by atoms with Gasteiger partial charge in [0.15, 0.2) is 4.90 Å². The maximum atomic E-state index is 11.1. The highest BCUT2D eigenvalue weighted by atomic mass is 32.2. The summed E-state index contributed by atoms with van der Waals surface area (Å²) in [6.45, 7) is -0.780. The van der Waals surface area contributed by atoms with Crippen molar-refractivity contribution in [3.05, 3.63) is 27.0 Å². The van der Waals surface area contributed by atoms with Crippen LogP contribution in [0.1, 0.15) is 0 Å². The molecule has 1 aromatic heterocycles. The number of nitrogens with two attached hydrogens (primary N) is 1. The highest BCUT2D eigenvalue weighted by Gasteiger charge is 2.16. The van der Waals surface area contributed by atoms with E-state index in [9.17, 15) is 22.8 Å². The van der Waals surface area contributed by atoms with Crippen molar-refractivity contribution in [1.82, 2.24) is 9.55 Å². The molecule has 0 amide bonds. The number of hydrogen-bond donors (Lipinski definition) is 3. The third-order valence-corrected chi connectivity index (χ3v) is 2.49. The summed E-state index contributed by atoms with van der Waals surface area (Å²) in [6, 6.07) is 0. The lowest BCUT2D eigenvalue weighted by Crippen LogP contribution is -2.35. The van der Waals surface area contributed by atoms with Gasteiger partial charge in [-0.3, -0.25) is 19.1 Å². The van der Waals surface area contributed by atoms with E-state index < -0.39 is 38.7 Å². The van der Waals surface area contributed by atoms with Crippen LogP contribution in [0.15, 0.2) is 20.7 Å². The van der Waals surface area contributed by atoms with Crippen LogP contribution in [0.25, 0.3) is 0 Å². The molecule has 16 heavy (non-hydrogen) atoms. The minimum Gasteiger partial charge on any atom is -0.480 e. The molecule has 0 bridgehead atoms. The van der Waals surface area contributed by atoms with Crippen molar-refractivity contribution in [3.63, 3.8) is 0 Å². The van der Waals surface area contributed by atoms with Gasteiger partial charge in [0.1, 0.15) is 6.54 Å². The number of nitrogens with one attached hydrogen (secondary N) is 1. The van der Waals surface area contributed by atoms with Gasteiger partial charge >= 0.3 is 11.7 Å². The molecule has 1 aromatic rings. The van der Waals surface area contributed by atoms with Crippen LogP contribution in [-0.2, 0) is 21.4 Å². The molecule has 0 aliphatic heterocycles. The van der Waals surface area contributed by atoms with E-state index in [0.29, 0.717) is 10.8 Å². The standard InChI is InChI=1S/C6H7N3O6S/c7-16(14,15)3-1-9(2-4(10)11)6(13)8-5(3)12/h1H,2H2,(H,10,11)(H2,7,14,15)(H,8,12,13). The Labute approximate surface area is 88.2 Å². The van der Waals surface area contributed by atoms with Gasteiger partial charge in [-0.25, -0.2) is 18.4 Å². The Balaban J connectivity index is 3.51. The largest absolute Gasteiger partial charge is 0.480 e. The molecule has 88 valence electrons. The minimum absolute atomic E-state index is 0.517. The summed E-state index contributed by atoms with van der Waals surface area (Å²) < 4.78 is 22.3. The molecule has 4 N–H and O–H groups in total. The van der Waals surface area contributed by atoms with E-state index in [1.807, 2.05) is 0 Å². The molecule has 10 heteroatoms. The van der Waals surface area contributed by atoms with Gasteiger partial charge in [0.05, 0.1) is 0 Å². The Morgan fingerprint density at radius 2 is 2.06 bits per heavy atom. The van der Waals surface area contributed by atoms with E-state index in [1.165, 1.54) is 0 Å². The van der Waals surface area contributed by atoms with E-state index >= 15 is 0 Å². The van der Waals surface area contributed by atoms with Crippen molar-refractivity contribution in [2.24, 2.45) is 5.14 Å². The highest BCUT2D eigenvalue weighted by Crippen LogP contribution is 1.95. The van der Waals surface area contributed by atoms with E-state index in [1.54, 1.807) is 4.98 Å². The van der Waals surface area contributed by atoms with Gasteiger partial charge in [-0.1, -0.05) is 0 Å². The Morgan fingerprint density at radius 3 is 2.50 bits per heavy atom. The highest BCUT2D eigenvalue weighted by molar-refractivity contribution is 7.89. The first kappa shape index (κ1) is 12.1. The number of primary sulfonamides is 1. The zero-order chi connectivity index (χ0) is 12.5. The summed E-state index contributed by atoms with van der Waals surface area (Å²) in [5.41, 5.74) is -2.21. The van der Waals surface area contributed by atoms with Gasteiger partial charge in [-0.2, -0.15) is 0 Å². The molecule has 0 fully saturated rings. The number of aromatic nitrogens is 2. The average molecular weight is 249 g/mol. The first-order valence-corrected chi connectivity index (χ1v) is 5.35. The van der Waals surface area contributed by atoms with Crippen LogP contribution in [0.2, 0.25) is 0 Å². The van der Waals surface area contributed by atoms with Crippen LogP contribution in [0.5, 0.6) is 0 Å². The quantitative estimate of drug-likeness (QED) is 0.528. The monoisotopic (exact) mass is 249 g/mol. The van der Waals surface area contributed by atoms with Crippen LogP contribution in [-0.4, -0.2) is 29.0 Å². The fraction of sp³-hybridized carbons (Fsp3) is 0.167. The number of hydrogen-bond acceptors (Lipinski definition) is 5. The molecule has 0 radical (unpaired) electrons. The number of H-pyrrole nitrogens is 1. The van der Waals surface area contributed by atoms with E-state index in [4.69, 9.17) is 10.2 Å². The summed E-state index contributed by atoms with van der Waals surface area (Å²) in [7, 11) is -4.30. The number of carbonyl (C=O) groups is 1. The van der Waals surface area contributed by atoms with Gasteiger partial charge in [-0.05, 0) is 0 Å². The summed E-state index contributed by atoms with van der Waals surface area (Å²) in [6.07, 6.45) is 0.588. The van der Waals surface area contributed by atoms with Crippen molar-refractivity contribution in [2.45, 2.75) is 11.4 Å². The SMILES string of the molecule is NS(=O)(=O)c1cn(CC(=O)O)c(=O)[nH]c1=O. The van der Waals surface area contributed by atoms with E-state index in [2.05, 4.69) is 0 Å². The average Bonchev–Trinajstić information content (AvgIpc) is 2.06. The fourth-order valence-corrected chi connectivity index (χ4v) is 1.54. The number of aromatic amines is 1. The molecule has 0 spiro atoms. The second-order valence-electron chi connectivity index (χ2n) is 2.82. The number of sulfonamides is 1. The second kappa shape index (κ2) is 3.90. The van der Waals surface area contributed by atoms with Crippen LogP contribution in [0.3, 0.4) is 0 Å². The molecule has 0 saturated carbocycles. The topological polar surface area (TPSA) is 152 Å². The lowest BCUT2D eigenvalue weighted by molar-refractivity contribution is -0.137. The molecule has 1 rings (SSSR count). The number of rotatable bonds is 3. The molecular formula is C6H7N3O6S. The molecule has 0 aromatic carbocycles. The normalized spacial score (nSPS) is 11.3. The molecular weight excluding hydrogens is 242 g/mol. The number of nitrogens with zero attached hydrogens (tertiary/aromatic N) is 1. The first-order valence-electron chi connectivity index (χ1n) is 3.80. The third kappa shape index (κ3) is 2.55. The van der Waals surface area contributed by atoms with Gasteiger partial charge in [0, 0.05) is 6.20 Å². The van der Waals surface area contributed by atoms with Crippen LogP contribution < -0.4 is 16.4 Å². The zero-order valence-corrected chi connectivity index (χ0v) is 8.52. The van der Waals surface area contributed by atoms with Crippen molar-refractivity contribution >= 4 is 16.0 Å². The summed E-state index contributed by atoms with van der Waals surface area (Å²) in [4.78, 5) is 33.2. The van der Waals surface area contributed by atoms with Gasteiger partial charge in [0.2, 0.25) is 10.0 Å². The Hall–Kier alpha value is -1.94. The minimum atomic E-state index is -4.30. The number of carboxylic acids is 1. The zero-order valence-electron chi connectivity index (χ0n) is 7.71. The van der Waals surface area contributed by atoms with Gasteiger partial charge < -0.3 is 5.11 Å². The molecule has 0 saturated heterocycles. The lowest BCUT2D eigenvalue weighted by Gasteiger charge is -2.02. The smallest absolute Gasteiger partial charge is 0.328 e. The first-order chi connectivity index (χ1) is 7.21. The molecule has 0 unspecified atom stereocenters.